The summed E-state index contributed by atoms with van der Waals surface area (Å²) in [7, 11) is 0. The summed E-state index contributed by atoms with van der Waals surface area (Å²) in [5, 5.41) is 4.94. The van der Waals surface area contributed by atoms with Crippen LogP contribution in [0.1, 0.15) is 0 Å². The molecule has 0 amide bonds. The topological polar surface area (TPSA) is 24.9 Å². The van der Waals surface area contributed by atoms with Crippen LogP contribution in [-0.4, -0.2) is 13.4 Å². The third-order valence-corrected chi connectivity index (χ3v) is 15.8. The maximum atomic E-state index is 7.41. The minimum Gasteiger partial charge on any atom is -0.458 e. The van der Waals surface area contributed by atoms with E-state index in [1.54, 1.807) is 0 Å². The van der Waals surface area contributed by atoms with E-state index in [-0.39, 0.29) is 13.4 Å². The molecule has 0 saturated heterocycles. The van der Waals surface area contributed by atoms with Gasteiger partial charge in [-0.1, -0.05) is 115 Å². The van der Waals surface area contributed by atoms with Crippen molar-refractivity contribution in [3.05, 3.63) is 182 Å². The van der Waals surface area contributed by atoms with Gasteiger partial charge in [-0.3, -0.25) is 0 Å². The number of benzene rings is 9. The van der Waals surface area contributed by atoms with Crippen LogP contribution in [0.2, 0.25) is 0 Å². The third kappa shape index (κ3) is 4.32. The summed E-state index contributed by atoms with van der Waals surface area (Å²) in [4.78, 5) is 4.93. The lowest BCUT2D eigenvalue weighted by atomic mass is 9.31. The molecule has 9 aromatic carbocycles. The Kier molecular flexibility index (Phi) is 6.58. The molecule has 0 bridgehead atoms. The number of nitrogens with zero attached hydrogens (tertiary/aromatic N) is 2. The summed E-state index contributed by atoms with van der Waals surface area (Å²) in [6.45, 7) is -0.144. The summed E-state index contributed by atoms with van der Waals surface area (Å²) < 4.78 is 19.6. The molecule has 62 heavy (non-hydrogen) atoms. The van der Waals surface area contributed by atoms with Gasteiger partial charge < -0.3 is 19.3 Å². The van der Waals surface area contributed by atoms with Crippen LogP contribution in [0.15, 0.2) is 182 Å². The summed E-state index contributed by atoms with van der Waals surface area (Å²) in [5.74, 6) is 3.53. The molecular formula is C54H30B2N2O2S2. The Morgan fingerprint density at radius 1 is 0.371 bits per heavy atom. The SMILES string of the molecule is c1ccc(N2c3ccccc3B3c4cc5c(cc4Oc4c3c2cc2sc3ccccc3c42)Oc2cc3sc4ccccc4c3c3c2B5c2ccccc2N3c2ccccc2)cc1. The Bertz CT molecular complexity index is 3730. The fourth-order valence-electron chi connectivity index (χ4n) is 11.1. The Morgan fingerprint density at radius 2 is 0.903 bits per heavy atom. The lowest BCUT2D eigenvalue weighted by Crippen LogP contribution is -2.63. The van der Waals surface area contributed by atoms with Crippen molar-refractivity contribution in [1.82, 2.24) is 0 Å². The molecular weight excluding hydrogens is 794 g/mol. The van der Waals surface area contributed by atoms with Crippen molar-refractivity contribution >= 4 is 143 Å². The highest BCUT2D eigenvalue weighted by molar-refractivity contribution is 7.26. The second kappa shape index (κ2) is 12.2. The highest BCUT2D eigenvalue weighted by atomic mass is 32.1. The van der Waals surface area contributed by atoms with Gasteiger partial charge in [-0.15, -0.1) is 22.7 Å². The molecule has 4 aliphatic heterocycles. The first-order valence-corrected chi connectivity index (χ1v) is 22.8. The zero-order chi connectivity index (χ0) is 40.2. The molecule has 11 aromatic rings. The number of hydrogen-bond acceptors (Lipinski definition) is 6. The van der Waals surface area contributed by atoms with Gasteiger partial charge in [-0.05, 0) is 93.4 Å². The molecule has 6 heterocycles. The van der Waals surface area contributed by atoms with E-state index in [1.807, 2.05) is 22.7 Å². The Morgan fingerprint density at radius 3 is 1.60 bits per heavy atom. The second-order valence-corrected chi connectivity index (χ2v) is 18.8. The molecule has 0 unspecified atom stereocenters. The highest BCUT2D eigenvalue weighted by Gasteiger charge is 2.47. The van der Waals surface area contributed by atoms with Crippen molar-refractivity contribution in [3.8, 4) is 23.0 Å². The van der Waals surface area contributed by atoms with E-state index >= 15 is 0 Å². The number of ether oxygens (including phenoxy) is 2. The predicted molar refractivity (Wildman–Crippen MR) is 264 cm³/mol. The zero-order valence-electron chi connectivity index (χ0n) is 33.0. The average Bonchev–Trinajstić information content (AvgIpc) is 3.89. The van der Waals surface area contributed by atoms with Gasteiger partial charge in [0.1, 0.15) is 23.0 Å². The molecule has 4 aliphatic rings. The average molecular weight is 825 g/mol. The third-order valence-electron chi connectivity index (χ3n) is 13.5. The molecule has 15 rings (SSSR count). The van der Waals surface area contributed by atoms with Gasteiger partial charge in [0.2, 0.25) is 0 Å². The Balaban J connectivity index is 1.03. The van der Waals surface area contributed by atoms with Crippen LogP contribution in [0.25, 0.3) is 40.3 Å². The van der Waals surface area contributed by atoms with Crippen molar-refractivity contribution in [1.29, 1.82) is 0 Å². The molecule has 0 atom stereocenters. The molecule has 4 nitrogen and oxygen atoms in total. The smallest absolute Gasteiger partial charge is 0.256 e. The Hall–Kier alpha value is -7.25. The van der Waals surface area contributed by atoms with Crippen molar-refractivity contribution in [2.75, 3.05) is 9.80 Å². The van der Waals surface area contributed by atoms with Gasteiger partial charge in [0, 0.05) is 74.8 Å². The second-order valence-electron chi connectivity index (χ2n) is 16.7. The van der Waals surface area contributed by atoms with Crippen LogP contribution in [0.5, 0.6) is 23.0 Å². The molecule has 2 aromatic heterocycles. The molecule has 0 spiro atoms. The van der Waals surface area contributed by atoms with E-state index in [4.69, 9.17) is 9.47 Å². The van der Waals surface area contributed by atoms with Crippen LogP contribution < -0.4 is 52.1 Å². The van der Waals surface area contributed by atoms with E-state index in [0.29, 0.717) is 0 Å². The number of hydrogen-bond donors (Lipinski definition) is 0. The number of anilines is 6. The molecule has 286 valence electrons. The minimum absolute atomic E-state index is 0.0721. The summed E-state index contributed by atoms with van der Waals surface area (Å²) in [5.41, 5.74) is 14.3. The van der Waals surface area contributed by atoms with Gasteiger partial charge >= 0.3 is 0 Å². The lowest BCUT2D eigenvalue weighted by Gasteiger charge is -2.42. The summed E-state index contributed by atoms with van der Waals surface area (Å²) in [6.07, 6.45) is 0. The summed E-state index contributed by atoms with van der Waals surface area (Å²) in [6, 6.07) is 66.5. The quantitative estimate of drug-likeness (QED) is 0.162. The number of fused-ring (bicyclic) bond motifs is 16. The first-order valence-electron chi connectivity index (χ1n) is 21.1. The minimum atomic E-state index is -0.0721. The largest absolute Gasteiger partial charge is 0.458 e. The fraction of sp³-hybridized carbons (Fsp3) is 0. The molecule has 0 fully saturated rings. The number of thiophene rings is 2. The molecule has 0 radical (unpaired) electrons. The number of rotatable bonds is 2. The van der Waals surface area contributed by atoms with Gasteiger partial charge in [0.15, 0.2) is 0 Å². The van der Waals surface area contributed by atoms with Gasteiger partial charge in [-0.2, -0.15) is 0 Å². The van der Waals surface area contributed by atoms with Gasteiger partial charge in [0.25, 0.3) is 13.4 Å². The van der Waals surface area contributed by atoms with E-state index in [0.717, 1.165) is 51.0 Å². The maximum absolute atomic E-state index is 7.41. The van der Waals surface area contributed by atoms with E-state index in [9.17, 15) is 0 Å². The van der Waals surface area contributed by atoms with Crippen LogP contribution in [0, 0.1) is 0 Å². The van der Waals surface area contributed by atoms with Gasteiger partial charge in [0.05, 0.1) is 5.69 Å². The van der Waals surface area contributed by atoms with Crippen LogP contribution in [0.4, 0.5) is 34.1 Å². The zero-order valence-corrected chi connectivity index (χ0v) is 34.6. The summed E-state index contributed by atoms with van der Waals surface area (Å²) >= 11 is 3.67. The van der Waals surface area contributed by atoms with Crippen molar-refractivity contribution in [3.63, 3.8) is 0 Å². The maximum Gasteiger partial charge on any atom is 0.256 e. The molecule has 0 aliphatic carbocycles. The van der Waals surface area contributed by atoms with E-state index in [1.165, 1.54) is 79.3 Å². The van der Waals surface area contributed by atoms with E-state index < -0.39 is 0 Å². The number of para-hydroxylation sites is 4. The predicted octanol–water partition coefficient (Wildman–Crippen LogP) is 11.2. The van der Waals surface area contributed by atoms with Crippen LogP contribution >= 0.6 is 22.7 Å². The highest BCUT2D eigenvalue weighted by Crippen LogP contribution is 2.51. The van der Waals surface area contributed by atoms with Crippen molar-refractivity contribution in [2.45, 2.75) is 0 Å². The molecule has 0 N–H and O–H groups in total. The van der Waals surface area contributed by atoms with Crippen molar-refractivity contribution in [2.24, 2.45) is 0 Å². The molecule has 0 saturated carbocycles. The lowest BCUT2D eigenvalue weighted by molar-refractivity contribution is 0.469. The first kappa shape index (κ1) is 33.5. The van der Waals surface area contributed by atoms with Gasteiger partial charge in [-0.25, -0.2) is 0 Å². The first-order chi connectivity index (χ1) is 30.8. The van der Waals surface area contributed by atoms with Crippen molar-refractivity contribution < 1.29 is 9.47 Å². The molecule has 8 heteroatoms. The monoisotopic (exact) mass is 824 g/mol. The normalized spacial score (nSPS) is 13.9. The standard InChI is InChI=1S/C54H30B2N2O2S2/c1-3-15-31(16-4-1)57-39-23-11-9-21-35(39)55-38-27-37-42(29-43(38)60-54-50-34-20-8-14-26-46(34)61-47(50)28-41(57)51(54)55)59-44-30-48-49(33-19-7-13-25-45(33)62-48)53-52(44)56(37)36-22-10-12-24-40(36)58(53)32-17-5-2-6-18-32/h1-30H. The fourth-order valence-corrected chi connectivity index (χ4v) is 13.4. The van der Waals surface area contributed by atoms with E-state index in [2.05, 4.69) is 192 Å². The van der Waals surface area contributed by atoms with Crippen LogP contribution in [-0.2, 0) is 0 Å². The van der Waals surface area contributed by atoms with Crippen LogP contribution in [0.3, 0.4) is 0 Å². The Labute approximate surface area is 365 Å².